The second-order valence-corrected chi connectivity index (χ2v) is 5.57. The fourth-order valence-electron chi connectivity index (χ4n) is 2.67. The highest BCUT2D eigenvalue weighted by atomic mass is 16.5. The molecule has 2 aromatic heterocycles. The second kappa shape index (κ2) is 6.72. The largest absolute Gasteiger partial charge is 0.494 e. The van der Waals surface area contributed by atoms with Crippen LogP contribution in [0.3, 0.4) is 0 Å². The van der Waals surface area contributed by atoms with Crippen LogP contribution in [0.1, 0.15) is 17.3 Å². The number of ether oxygens (including phenoxy) is 1. The van der Waals surface area contributed by atoms with Gasteiger partial charge in [-0.15, -0.1) is 5.10 Å². The molecule has 0 bridgehead atoms. The standard InChI is InChI=1S/C19H16N4O3/c1-2-25-13-9-7-12(8-10-13)18-22-23-19(26-18)21-17(24)15-11-20-16-6-4-3-5-14(15)16/h3-11,20H,2H2,1H3,(H,21,23,24). The molecular formula is C19H16N4O3. The van der Waals surface area contributed by atoms with Crippen LogP contribution in [0, 0.1) is 0 Å². The summed E-state index contributed by atoms with van der Waals surface area (Å²) in [6.45, 7) is 2.53. The van der Waals surface area contributed by atoms with E-state index in [1.807, 2.05) is 55.5 Å². The molecule has 0 saturated heterocycles. The number of hydrogen-bond donors (Lipinski definition) is 2. The predicted molar refractivity (Wildman–Crippen MR) is 97.2 cm³/mol. The highest BCUT2D eigenvalue weighted by Crippen LogP contribution is 2.24. The van der Waals surface area contributed by atoms with E-state index in [1.54, 1.807) is 6.20 Å². The second-order valence-electron chi connectivity index (χ2n) is 5.57. The summed E-state index contributed by atoms with van der Waals surface area (Å²) in [5, 5.41) is 11.3. The molecule has 130 valence electrons. The number of aromatic nitrogens is 3. The number of nitrogens with one attached hydrogen (secondary N) is 2. The molecule has 0 atom stereocenters. The van der Waals surface area contributed by atoms with Gasteiger partial charge in [-0.25, -0.2) is 0 Å². The van der Waals surface area contributed by atoms with Crippen molar-refractivity contribution in [3.8, 4) is 17.2 Å². The van der Waals surface area contributed by atoms with Gasteiger partial charge in [0, 0.05) is 22.7 Å². The summed E-state index contributed by atoms with van der Waals surface area (Å²) in [6, 6.07) is 14.9. The molecule has 0 radical (unpaired) electrons. The Balaban J connectivity index is 1.52. The van der Waals surface area contributed by atoms with Gasteiger partial charge >= 0.3 is 6.01 Å². The number of anilines is 1. The summed E-state index contributed by atoms with van der Waals surface area (Å²) in [5.74, 6) is 0.773. The van der Waals surface area contributed by atoms with Gasteiger partial charge in [0.05, 0.1) is 12.2 Å². The molecule has 0 fully saturated rings. The number of carbonyl (C=O) groups is 1. The minimum absolute atomic E-state index is 0.0455. The number of H-pyrrole nitrogens is 1. The van der Waals surface area contributed by atoms with E-state index in [0.29, 0.717) is 18.1 Å². The quantitative estimate of drug-likeness (QED) is 0.571. The highest BCUT2D eigenvalue weighted by Gasteiger charge is 2.15. The molecule has 2 heterocycles. The van der Waals surface area contributed by atoms with Gasteiger partial charge < -0.3 is 14.1 Å². The van der Waals surface area contributed by atoms with Crippen LogP contribution in [0.15, 0.2) is 59.1 Å². The van der Waals surface area contributed by atoms with Crippen LogP contribution in [-0.4, -0.2) is 27.7 Å². The van der Waals surface area contributed by atoms with E-state index in [0.717, 1.165) is 22.2 Å². The van der Waals surface area contributed by atoms with Crippen LogP contribution >= 0.6 is 0 Å². The minimum Gasteiger partial charge on any atom is -0.494 e. The Labute approximate surface area is 149 Å². The first-order valence-electron chi connectivity index (χ1n) is 8.19. The number of fused-ring (bicyclic) bond motifs is 1. The van der Waals surface area contributed by atoms with Gasteiger partial charge in [0.1, 0.15) is 5.75 Å². The zero-order chi connectivity index (χ0) is 17.9. The molecule has 1 amide bonds. The topological polar surface area (TPSA) is 93.0 Å². The molecule has 4 rings (SSSR count). The molecule has 0 aliphatic heterocycles. The van der Waals surface area contributed by atoms with E-state index in [2.05, 4.69) is 20.5 Å². The van der Waals surface area contributed by atoms with Gasteiger partial charge in [0.15, 0.2) is 0 Å². The monoisotopic (exact) mass is 348 g/mol. The van der Waals surface area contributed by atoms with E-state index < -0.39 is 0 Å². The normalized spacial score (nSPS) is 10.8. The number of rotatable bonds is 5. The molecule has 0 aliphatic rings. The van der Waals surface area contributed by atoms with Crippen molar-refractivity contribution in [1.82, 2.24) is 15.2 Å². The maximum Gasteiger partial charge on any atom is 0.322 e. The van der Waals surface area contributed by atoms with Crippen molar-refractivity contribution in [3.05, 3.63) is 60.3 Å². The van der Waals surface area contributed by atoms with Crippen LogP contribution in [0.25, 0.3) is 22.4 Å². The maximum absolute atomic E-state index is 12.5. The van der Waals surface area contributed by atoms with E-state index in [-0.39, 0.29) is 11.9 Å². The zero-order valence-corrected chi connectivity index (χ0v) is 14.0. The van der Waals surface area contributed by atoms with Crippen molar-refractivity contribution in [2.75, 3.05) is 11.9 Å². The summed E-state index contributed by atoms with van der Waals surface area (Å²) in [4.78, 5) is 15.5. The maximum atomic E-state index is 12.5. The minimum atomic E-state index is -0.315. The lowest BCUT2D eigenvalue weighted by Crippen LogP contribution is -2.11. The molecule has 7 nitrogen and oxygen atoms in total. The number of para-hydroxylation sites is 1. The molecule has 0 spiro atoms. The third-order valence-corrected chi connectivity index (χ3v) is 3.89. The Hall–Kier alpha value is -3.61. The van der Waals surface area contributed by atoms with Crippen molar-refractivity contribution in [1.29, 1.82) is 0 Å². The Kier molecular flexibility index (Phi) is 4.10. The molecule has 7 heteroatoms. The van der Waals surface area contributed by atoms with Gasteiger partial charge in [0.25, 0.3) is 5.91 Å². The third kappa shape index (κ3) is 3.02. The summed E-state index contributed by atoms with van der Waals surface area (Å²) in [7, 11) is 0. The molecule has 2 N–H and O–H groups in total. The number of hydrogen-bond acceptors (Lipinski definition) is 5. The van der Waals surface area contributed by atoms with Gasteiger partial charge in [0.2, 0.25) is 5.89 Å². The summed E-state index contributed by atoms with van der Waals surface area (Å²) in [6.07, 6.45) is 1.66. The average Bonchev–Trinajstić information content (AvgIpc) is 3.29. The van der Waals surface area contributed by atoms with Crippen LogP contribution < -0.4 is 10.1 Å². The number of nitrogens with zero attached hydrogens (tertiary/aromatic N) is 2. The fraction of sp³-hybridized carbons (Fsp3) is 0.105. The SMILES string of the molecule is CCOc1ccc(-c2nnc(NC(=O)c3c[nH]c4ccccc34)o2)cc1. The van der Waals surface area contributed by atoms with Crippen molar-refractivity contribution >= 4 is 22.8 Å². The zero-order valence-electron chi connectivity index (χ0n) is 14.0. The number of amides is 1. The van der Waals surface area contributed by atoms with Crippen molar-refractivity contribution in [2.24, 2.45) is 0 Å². The summed E-state index contributed by atoms with van der Waals surface area (Å²) < 4.78 is 10.9. The first-order chi connectivity index (χ1) is 12.7. The molecule has 0 saturated carbocycles. The summed E-state index contributed by atoms with van der Waals surface area (Å²) >= 11 is 0. The lowest BCUT2D eigenvalue weighted by atomic mass is 10.2. The first kappa shape index (κ1) is 15.9. The number of benzene rings is 2. The van der Waals surface area contributed by atoms with Crippen LogP contribution in [0.5, 0.6) is 5.75 Å². The Morgan fingerprint density at radius 2 is 1.96 bits per heavy atom. The number of aromatic amines is 1. The van der Waals surface area contributed by atoms with Gasteiger partial charge in [-0.1, -0.05) is 23.3 Å². The van der Waals surface area contributed by atoms with E-state index in [9.17, 15) is 4.79 Å². The van der Waals surface area contributed by atoms with Crippen LogP contribution in [-0.2, 0) is 0 Å². The Bertz CT molecular complexity index is 1050. The lowest BCUT2D eigenvalue weighted by Gasteiger charge is -2.02. The molecular weight excluding hydrogens is 332 g/mol. The highest BCUT2D eigenvalue weighted by molar-refractivity contribution is 6.12. The predicted octanol–water partition coefficient (Wildman–Crippen LogP) is 3.87. The van der Waals surface area contributed by atoms with Crippen LogP contribution in [0.4, 0.5) is 6.01 Å². The van der Waals surface area contributed by atoms with Gasteiger partial charge in [-0.3, -0.25) is 10.1 Å². The fourth-order valence-corrected chi connectivity index (χ4v) is 2.67. The van der Waals surface area contributed by atoms with Crippen LogP contribution in [0.2, 0.25) is 0 Å². The number of carbonyl (C=O) groups excluding carboxylic acids is 1. The van der Waals surface area contributed by atoms with Gasteiger partial charge in [-0.05, 0) is 37.3 Å². The summed E-state index contributed by atoms with van der Waals surface area (Å²) in [5.41, 5.74) is 2.15. The molecule has 2 aromatic carbocycles. The smallest absolute Gasteiger partial charge is 0.322 e. The Morgan fingerprint density at radius 3 is 2.77 bits per heavy atom. The van der Waals surface area contributed by atoms with Crippen molar-refractivity contribution in [3.63, 3.8) is 0 Å². The van der Waals surface area contributed by atoms with E-state index >= 15 is 0 Å². The van der Waals surface area contributed by atoms with E-state index in [1.165, 1.54) is 0 Å². The molecule has 4 aromatic rings. The van der Waals surface area contributed by atoms with Crippen molar-refractivity contribution < 1.29 is 13.9 Å². The molecule has 26 heavy (non-hydrogen) atoms. The van der Waals surface area contributed by atoms with E-state index in [4.69, 9.17) is 9.15 Å². The average molecular weight is 348 g/mol. The Morgan fingerprint density at radius 1 is 1.15 bits per heavy atom. The molecule has 0 unspecified atom stereocenters. The lowest BCUT2D eigenvalue weighted by molar-refractivity contribution is 0.102. The first-order valence-corrected chi connectivity index (χ1v) is 8.19. The third-order valence-electron chi connectivity index (χ3n) is 3.89. The van der Waals surface area contributed by atoms with Crippen molar-refractivity contribution in [2.45, 2.75) is 6.92 Å². The van der Waals surface area contributed by atoms with Gasteiger partial charge in [-0.2, -0.15) is 0 Å². The molecule has 0 aliphatic carbocycles.